The van der Waals surface area contributed by atoms with Gasteiger partial charge in [0.1, 0.15) is 17.2 Å². The van der Waals surface area contributed by atoms with E-state index in [1.807, 2.05) is 56.3 Å². The number of hydrogen-bond acceptors (Lipinski definition) is 3. The van der Waals surface area contributed by atoms with E-state index >= 15 is 0 Å². The normalized spacial score (nSPS) is 10.2. The molecule has 0 bridgehead atoms. The van der Waals surface area contributed by atoms with Gasteiger partial charge < -0.3 is 9.47 Å². The highest BCUT2D eigenvalue weighted by atomic mass is 16.5. The van der Waals surface area contributed by atoms with Gasteiger partial charge in [-0.1, -0.05) is 24.3 Å². The molecule has 0 saturated carbocycles. The predicted molar refractivity (Wildman–Crippen MR) is 93.8 cm³/mol. The van der Waals surface area contributed by atoms with Crippen molar-refractivity contribution < 1.29 is 14.3 Å². The maximum Gasteiger partial charge on any atom is 0.343 e. The van der Waals surface area contributed by atoms with Crippen LogP contribution in [-0.4, -0.2) is 5.97 Å². The summed E-state index contributed by atoms with van der Waals surface area (Å²) in [6, 6.07) is 22.0. The van der Waals surface area contributed by atoms with Crippen molar-refractivity contribution in [3.8, 4) is 17.2 Å². The molecule has 0 aromatic heterocycles. The summed E-state index contributed by atoms with van der Waals surface area (Å²) < 4.78 is 11.1. The van der Waals surface area contributed by atoms with Gasteiger partial charge in [-0.3, -0.25) is 0 Å². The third kappa shape index (κ3) is 3.82. The fourth-order valence-corrected chi connectivity index (χ4v) is 2.23. The lowest BCUT2D eigenvalue weighted by Crippen LogP contribution is -2.08. The van der Waals surface area contributed by atoms with E-state index in [0.717, 1.165) is 16.9 Å². The maximum atomic E-state index is 12.2. The molecule has 3 heteroatoms. The average Bonchev–Trinajstić information content (AvgIpc) is 2.60. The maximum absolute atomic E-state index is 12.2. The molecule has 0 unspecified atom stereocenters. The van der Waals surface area contributed by atoms with Gasteiger partial charge in [0, 0.05) is 0 Å². The standard InChI is InChI=1S/C21H18O3/c1-15-8-9-17(14-16(15)2)21(22)24-20-12-10-19(11-13-20)23-18-6-4-3-5-7-18/h3-14H,1-2H3. The number of esters is 1. The van der Waals surface area contributed by atoms with Crippen LogP contribution in [0.15, 0.2) is 72.8 Å². The topological polar surface area (TPSA) is 35.5 Å². The number of rotatable bonds is 4. The Kier molecular flexibility index (Phi) is 4.62. The second kappa shape index (κ2) is 7.01. The summed E-state index contributed by atoms with van der Waals surface area (Å²) in [6.45, 7) is 3.98. The smallest absolute Gasteiger partial charge is 0.343 e. The molecular formula is C21H18O3. The van der Waals surface area contributed by atoms with E-state index in [4.69, 9.17) is 9.47 Å². The summed E-state index contributed by atoms with van der Waals surface area (Å²) in [5.74, 6) is 1.57. The summed E-state index contributed by atoms with van der Waals surface area (Å²) >= 11 is 0. The molecule has 0 spiro atoms. The van der Waals surface area contributed by atoms with Gasteiger partial charge in [0.2, 0.25) is 0 Å². The molecule has 0 saturated heterocycles. The molecule has 0 fully saturated rings. The number of ether oxygens (including phenoxy) is 2. The highest BCUT2D eigenvalue weighted by molar-refractivity contribution is 5.91. The molecule has 3 rings (SSSR count). The van der Waals surface area contributed by atoms with Crippen LogP contribution in [-0.2, 0) is 0 Å². The van der Waals surface area contributed by atoms with Crippen molar-refractivity contribution in [3.05, 3.63) is 89.5 Å². The fraction of sp³-hybridized carbons (Fsp3) is 0.0952. The number of para-hydroxylation sites is 1. The van der Waals surface area contributed by atoms with Crippen molar-refractivity contribution in [3.63, 3.8) is 0 Å². The van der Waals surface area contributed by atoms with Gasteiger partial charge in [0.25, 0.3) is 0 Å². The first-order valence-electron chi connectivity index (χ1n) is 7.74. The Hall–Kier alpha value is -3.07. The van der Waals surface area contributed by atoms with E-state index in [1.54, 1.807) is 30.3 Å². The van der Waals surface area contributed by atoms with E-state index in [-0.39, 0.29) is 5.97 Å². The van der Waals surface area contributed by atoms with Crippen LogP contribution in [0.4, 0.5) is 0 Å². The zero-order chi connectivity index (χ0) is 16.9. The van der Waals surface area contributed by atoms with Crippen molar-refractivity contribution in [2.75, 3.05) is 0 Å². The van der Waals surface area contributed by atoms with Gasteiger partial charge in [0.05, 0.1) is 5.56 Å². The van der Waals surface area contributed by atoms with Crippen molar-refractivity contribution in [2.24, 2.45) is 0 Å². The molecule has 0 amide bonds. The molecule has 0 heterocycles. The monoisotopic (exact) mass is 318 g/mol. The lowest BCUT2D eigenvalue weighted by Gasteiger charge is -2.08. The largest absolute Gasteiger partial charge is 0.457 e. The molecule has 0 aliphatic heterocycles. The number of benzene rings is 3. The zero-order valence-electron chi connectivity index (χ0n) is 13.7. The third-order valence-corrected chi connectivity index (χ3v) is 3.76. The number of hydrogen-bond donors (Lipinski definition) is 0. The average molecular weight is 318 g/mol. The van der Waals surface area contributed by atoms with Crippen LogP contribution >= 0.6 is 0 Å². The van der Waals surface area contributed by atoms with E-state index in [2.05, 4.69) is 0 Å². The molecular weight excluding hydrogens is 300 g/mol. The molecule has 0 aliphatic carbocycles. The zero-order valence-corrected chi connectivity index (χ0v) is 13.7. The van der Waals surface area contributed by atoms with E-state index < -0.39 is 0 Å². The van der Waals surface area contributed by atoms with Gasteiger partial charge in [-0.25, -0.2) is 4.79 Å². The van der Waals surface area contributed by atoms with Crippen LogP contribution in [0.1, 0.15) is 21.5 Å². The second-order valence-electron chi connectivity index (χ2n) is 5.58. The summed E-state index contributed by atoms with van der Waals surface area (Å²) in [7, 11) is 0. The summed E-state index contributed by atoms with van der Waals surface area (Å²) in [4.78, 5) is 12.2. The Morgan fingerprint density at radius 2 is 1.33 bits per heavy atom. The van der Waals surface area contributed by atoms with E-state index in [0.29, 0.717) is 17.1 Å². The molecule has 0 N–H and O–H groups in total. The van der Waals surface area contributed by atoms with E-state index in [9.17, 15) is 4.79 Å². The summed E-state index contributed by atoms with van der Waals surface area (Å²) in [5, 5.41) is 0. The van der Waals surface area contributed by atoms with E-state index in [1.165, 1.54) is 0 Å². The van der Waals surface area contributed by atoms with Gasteiger partial charge in [-0.05, 0) is 73.5 Å². The van der Waals surface area contributed by atoms with Crippen LogP contribution < -0.4 is 9.47 Å². The first-order chi connectivity index (χ1) is 11.6. The Morgan fingerprint density at radius 3 is 2.00 bits per heavy atom. The van der Waals surface area contributed by atoms with Crippen LogP contribution in [0.5, 0.6) is 17.2 Å². The molecule has 3 aromatic carbocycles. The Bertz CT molecular complexity index is 837. The minimum atomic E-state index is -0.366. The third-order valence-electron chi connectivity index (χ3n) is 3.76. The van der Waals surface area contributed by atoms with Gasteiger partial charge >= 0.3 is 5.97 Å². The minimum absolute atomic E-state index is 0.366. The van der Waals surface area contributed by atoms with Crippen molar-refractivity contribution in [1.29, 1.82) is 0 Å². The number of carbonyl (C=O) groups is 1. The molecule has 24 heavy (non-hydrogen) atoms. The Labute approximate surface area is 141 Å². The van der Waals surface area contributed by atoms with Crippen LogP contribution in [0.2, 0.25) is 0 Å². The Balaban J connectivity index is 1.67. The van der Waals surface area contributed by atoms with Crippen LogP contribution in [0.3, 0.4) is 0 Å². The molecule has 120 valence electrons. The SMILES string of the molecule is Cc1ccc(C(=O)Oc2ccc(Oc3ccccc3)cc2)cc1C. The molecule has 0 atom stereocenters. The van der Waals surface area contributed by atoms with Crippen molar-refractivity contribution >= 4 is 5.97 Å². The van der Waals surface area contributed by atoms with Gasteiger partial charge in [-0.2, -0.15) is 0 Å². The van der Waals surface area contributed by atoms with Crippen molar-refractivity contribution in [1.82, 2.24) is 0 Å². The summed E-state index contributed by atoms with van der Waals surface area (Å²) in [5.41, 5.74) is 2.76. The first kappa shape index (κ1) is 15.8. The Morgan fingerprint density at radius 1 is 0.708 bits per heavy atom. The minimum Gasteiger partial charge on any atom is -0.457 e. The second-order valence-corrected chi connectivity index (χ2v) is 5.58. The lowest BCUT2D eigenvalue weighted by atomic mass is 10.1. The quantitative estimate of drug-likeness (QED) is 0.483. The van der Waals surface area contributed by atoms with Crippen LogP contribution in [0, 0.1) is 13.8 Å². The summed E-state index contributed by atoms with van der Waals surface area (Å²) in [6.07, 6.45) is 0. The molecule has 3 nitrogen and oxygen atoms in total. The first-order valence-corrected chi connectivity index (χ1v) is 7.74. The number of carbonyl (C=O) groups excluding carboxylic acids is 1. The van der Waals surface area contributed by atoms with Crippen LogP contribution in [0.25, 0.3) is 0 Å². The fourth-order valence-electron chi connectivity index (χ4n) is 2.23. The van der Waals surface area contributed by atoms with Gasteiger partial charge in [-0.15, -0.1) is 0 Å². The molecule has 3 aromatic rings. The number of aryl methyl sites for hydroxylation is 2. The highest BCUT2D eigenvalue weighted by Gasteiger charge is 2.09. The molecule has 0 radical (unpaired) electrons. The highest BCUT2D eigenvalue weighted by Crippen LogP contribution is 2.24. The molecule has 0 aliphatic rings. The lowest BCUT2D eigenvalue weighted by molar-refractivity contribution is 0.0734. The van der Waals surface area contributed by atoms with Gasteiger partial charge in [0.15, 0.2) is 0 Å². The van der Waals surface area contributed by atoms with Crippen molar-refractivity contribution in [2.45, 2.75) is 13.8 Å². The predicted octanol–water partition coefficient (Wildman–Crippen LogP) is 5.31.